The molecule has 0 aliphatic heterocycles. The number of halogens is 2. The van der Waals surface area contributed by atoms with Gasteiger partial charge < -0.3 is 9.41 Å². The molecule has 0 bridgehead atoms. The quantitative estimate of drug-likeness (QED) is 0.606. The third-order valence-electron chi connectivity index (χ3n) is 3.58. The molecule has 0 aliphatic carbocycles. The Labute approximate surface area is 160 Å². The Kier molecular flexibility index (Phi) is 19.4. The maximum atomic E-state index is 2.27. The Morgan fingerprint density at radius 3 is 1.30 bits per heavy atom. The Hall–Kier alpha value is -0.557. The van der Waals surface area contributed by atoms with Gasteiger partial charge in [0.25, 0.3) is 0 Å². The van der Waals surface area contributed by atoms with E-state index in [0.29, 0.717) is 0 Å². The summed E-state index contributed by atoms with van der Waals surface area (Å²) in [5.74, 6) is 0. The van der Waals surface area contributed by atoms with E-state index < -0.39 is 0 Å². The summed E-state index contributed by atoms with van der Waals surface area (Å²) < 4.78 is 0. The van der Waals surface area contributed by atoms with E-state index in [4.69, 9.17) is 0 Å². The van der Waals surface area contributed by atoms with Gasteiger partial charge in [-0.25, -0.2) is 12.1 Å². The first kappa shape index (κ1) is 27.3. The van der Waals surface area contributed by atoms with Crippen LogP contribution in [-0.4, -0.2) is 0 Å². The van der Waals surface area contributed by atoms with Crippen LogP contribution in [0.15, 0.2) is 36.4 Å². The molecule has 0 radical (unpaired) electrons. The van der Waals surface area contributed by atoms with E-state index in [1.807, 2.05) is 0 Å². The van der Waals surface area contributed by atoms with E-state index in [1.54, 1.807) is 0 Å². The van der Waals surface area contributed by atoms with Crippen LogP contribution in [0.2, 0.25) is 0 Å². The minimum Gasteiger partial charge on any atom is -1.00 e. The minimum atomic E-state index is 0. The number of unbranched alkanes of at least 4 members (excludes halogenated alkanes) is 2. The topological polar surface area (TPSA) is 0 Å². The number of aryl methyl sites for hydroxylation is 4. The first-order valence-corrected chi connectivity index (χ1v) is 8.10. The van der Waals surface area contributed by atoms with Crippen molar-refractivity contribution in [2.24, 2.45) is 0 Å². The van der Waals surface area contributed by atoms with Crippen LogP contribution in [0.5, 0.6) is 0 Å². The van der Waals surface area contributed by atoms with Crippen LogP contribution in [0.1, 0.15) is 61.8 Å². The van der Waals surface area contributed by atoms with Gasteiger partial charge in [0, 0.05) is 0 Å². The summed E-state index contributed by atoms with van der Waals surface area (Å²) >= 11 is 0. The standard InChI is InChI=1S/2C10H15.2FH.Zr/c2*1-3-4-5-10-7-6-9(2)8-10;;;/h2*6-8H,3-5H2,1-2H3;2*1H;/q2*-1;;;+4/p-2. The van der Waals surface area contributed by atoms with E-state index in [9.17, 15) is 0 Å². The molecule has 0 N–H and O–H groups in total. The zero-order chi connectivity index (χ0) is 14.8. The molecule has 0 saturated carbocycles. The van der Waals surface area contributed by atoms with Crippen LogP contribution in [0.3, 0.4) is 0 Å². The van der Waals surface area contributed by atoms with Crippen LogP contribution in [0, 0.1) is 13.8 Å². The molecule has 2 aromatic carbocycles. The van der Waals surface area contributed by atoms with Crippen molar-refractivity contribution in [2.75, 3.05) is 0 Å². The molecular weight excluding hydrogens is 369 g/mol. The van der Waals surface area contributed by atoms with Crippen LogP contribution >= 0.6 is 0 Å². The Balaban J connectivity index is -0.000000308. The van der Waals surface area contributed by atoms with Gasteiger partial charge in [0.15, 0.2) is 0 Å². The second kappa shape index (κ2) is 16.3. The number of hydrogen-bond acceptors (Lipinski definition) is 0. The fraction of sp³-hybridized carbons (Fsp3) is 0.500. The zero-order valence-corrected chi connectivity index (χ0v) is 17.4. The van der Waals surface area contributed by atoms with E-state index in [0.717, 1.165) is 0 Å². The van der Waals surface area contributed by atoms with E-state index >= 15 is 0 Å². The maximum absolute atomic E-state index is 2.27. The van der Waals surface area contributed by atoms with Crippen molar-refractivity contribution in [3.05, 3.63) is 58.7 Å². The van der Waals surface area contributed by atoms with Gasteiger partial charge in [0.05, 0.1) is 0 Å². The maximum Gasteiger partial charge on any atom is 4.00 e. The molecule has 0 spiro atoms. The van der Waals surface area contributed by atoms with Gasteiger partial charge in [-0.15, -0.1) is 0 Å². The normalized spacial score (nSPS) is 8.87. The molecule has 0 unspecified atom stereocenters. The summed E-state index contributed by atoms with van der Waals surface area (Å²) in [6.45, 7) is 8.76. The molecule has 0 heterocycles. The van der Waals surface area contributed by atoms with Crippen LogP contribution in [0.25, 0.3) is 0 Å². The summed E-state index contributed by atoms with van der Waals surface area (Å²) in [6, 6.07) is 13.4. The zero-order valence-electron chi connectivity index (χ0n) is 15.0. The van der Waals surface area contributed by atoms with E-state index in [2.05, 4.69) is 64.1 Å². The van der Waals surface area contributed by atoms with E-state index in [-0.39, 0.29) is 35.6 Å². The van der Waals surface area contributed by atoms with E-state index in [1.165, 1.54) is 60.8 Å². The predicted octanol–water partition coefficient (Wildman–Crippen LogP) is 0.119. The molecule has 2 aromatic rings. The summed E-state index contributed by atoms with van der Waals surface area (Å²) in [5, 5.41) is 0. The van der Waals surface area contributed by atoms with Crippen LogP contribution < -0.4 is 9.41 Å². The molecular formula is C20H30F2Zr. The molecule has 0 aliphatic rings. The Bertz CT molecular complexity index is 427. The Morgan fingerprint density at radius 2 is 1.09 bits per heavy atom. The van der Waals surface area contributed by atoms with Gasteiger partial charge in [0.2, 0.25) is 0 Å². The molecule has 0 saturated heterocycles. The summed E-state index contributed by atoms with van der Waals surface area (Å²) in [4.78, 5) is 0. The summed E-state index contributed by atoms with van der Waals surface area (Å²) in [7, 11) is 0. The van der Waals surface area contributed by atoms with Crippen molar-refractivity contribution in [3.63, 3.8) is 0 Å². The fourth-order valence-electron chi connectivity index (χ4n) is 2.33. The van der Waals surface area contributed by atoms with Crippen molar-refractivity contribution < 1.29 is 35.6 Å². The molecule has 128 valence electrons. The van der Waals surface area contributed by atoms with Crippen molar-refractivity contribution in [3.8, 4) is 0 Å². The molecule has 0 nitrogen and oxygen atoms in total. The molecule has 23 heavy (non-hydrogen) atoms. The largest absolute Gasteiger partial charge is 4.00 e. The molecule has 0 atom stereocenters. The summed E-state index contributed by atoms with van der Waals surface area (Å²) in [6.07, 6.45) is 7.75. The molecule has 0 amide bonds. The minimum absolute atomic E-state index is 0. The predicted molar refractivity (Wildman–Crippen MR) is 90.8 cm³/mol. The first-order chi connectivity index (χ1) is 9.65. The van der Waals surface area contributed by atoms with Gasteiger partial charge in [0.1, 0.15) is 0 Å². The average molecular weight is 400 g/mol. The Morgan fingerprint density at radius 1 is 0.739 bits per heavy atom. The SMILES string of the molecule is CCCCc1cc[c-](C)c1.CCCCc1cc[c-](C)c1.[F-].[F-].[Zr+4]. The van der Waals surface area contributed by atoms with Gasteiger partial charge in [-0.1, -0.05) is 66.2 Å². The molecule has 0 fully saturated rings. The number of hydrogen-bond donors (Lipinski definition) is 0. The average Bonchev–Trinajstić information content (AvgIpc) is 3.03. The van der Waals surface area contributed by atoms with Crippen LogP contribution in [0.4, 0.5) is 0 Å². The van der Waals surface area contributed by atoms with Gasteiger partial charge >= 0.3 is 26.2 Å². The second-order valence-electron chi connectivity index (χ2n) is 5.80. The van der Waals surface area contributed by atoms with Gasteiger partial charge in [-0.3, -0.25) is 0 Å². The van der Waals surface area contributed by atoms with Gasteiger partial charge in [-0.2, -0.15) is 46.5 Å². The molecule has 2 rings (SSSR count). The second-order valence-corrected chi connectivity index (χ2v) is 5.80. The monoisotopic (exact) mass is 398 g/mol. The van der Waals surface area contributed by atoms with Gasteiger partial charge in [-0.05, 0) is 0 Å². The van der Waals surface area contributed by atoms with Crippen molar-refractivity contribution in [2.45, 2.75) is 66.2 Å². The molecule has 0 aromatic heterocycles. The third-order valence-corrected chi connectivity index (χ3v) is 3.58. The fourth-order valence-corrected chi connectivity index (χ4v) is 2.33. The smallest absolute Gasteiger partial charge is 1.00 e. The van der Waals surface area contributed by atoms with Crippen molar-refractivity contribution in [1.29, 1.82) is 0 Å². The van der Waals surface area contributed by atoms with Crippen molar-refractivity contribution in [1.82, 2.24) is 0 Å². The number of rotatable bonds is 6. The first-order valence-electron chi connectivity index (χ1n) is 8.10. The summed E-state index contributed by atoms with van der Waals surface area (Å²) in [5.41, 5.74) is 5.79. The van der Waals surface area contributed by atoms with Crippen molar-refractivity contribution >= 4 is 0 Å². The van der Waals surface area contributed by atoms with Crippen LogP contribution in [-0.2, 0) is 39.0 Å². The molecule has 3 heteroatoms. The third kappa shape index (κ3) is 12.5.